The van der Waals surface area contributed by atoms with E-state index in [1.54, 1.807) is 6.92 Å². The molecule has 0 bridgehead atoms. The topological polar surface area (TPSA) is 137 Å². The van der Waals surface area contributed by atoms with Crippen LogP contribution in [0.2, 0.25) is 0 Å². The van der Waals surface area contributed by atoms with Gasteiger partial charge in [-0.2, -0.15) is 13.2 Å². The molecule has 0 aliphatic carbocycles. The summed E-state index contributed by atoms with van der Waals surface area (Å²) in [7, 11) is -2.10. The lowest BCUT2D eigenvalue weighted by Gasteiger charge is -2.22. The van der Waals surface area contributed by atoms with Gasteiger partial charge in [-0.1, -0.05) is 11.3 Å². The molecule has 2 aromatic rings. The number of rotatable bonds is 8. The number of ether oxygens (including phenoxy) is 3. The minimum Gasteiger partial charge on any atom is -0.445 e. The predicted octanol–water partition coefficient (Wildman–Crippen LogP) is 1.49. The first-order valence-electron chi connectivity index (χ1n) is 9.37. The highest BCUT2D eigenvalue weighted by Crippen LogP contribution is 2.38. The van der Waals surface area contributed by atoms with E-state index in [-0.39, 0.29) is 22.1 Å². The highest BCUT2D eigenvalue weighted by atomic mass is 32.2. The van der Waals surface area contributed by atoms with Crippen molar-refractivity contribution in [3.63, 3.8) is 0 Å². The standard InChI is InChI=1S/C18H22F3N3O8S/c1-5-14(31-3)10-8-11-13(9-12(10)18(19,20)21)22-16(26)23(15(11)25)24(33(4,28)29)17(27)32-7-6-30-2/h8-9,14H,5-7H2,1-4H3,(H,22,26). The molecule has 0 saturated heterocycles. The number of methoxy groups -OCH3 is 2. The second-order valence-corrected chi connectivity index (χ2v) is 8.59. The summed E-state index contributed by atoms with van der Waals surface area (Å²) in [5.74, 6) is 0. The number of hydrogen-bond acceptors (Lipinski definition) is 8. The van der Waals surface area contributed by atoms with E-state index in [2.05, 4.69) is 4.74 Å². The molecule has 0 spiro atoms. The van der Waals surface area contributed by atoms with Crippen LogP contribution in [0.4, 0.5) is 18.0 Å². The number of alkyl halides is 3. The number of aromatic amines is 1. The van der Waals surface area contributed by atoms with Crippen LogP contribution in [0.5, 0.6) is 0 Å². The number of hydrogen-bond donors (Lipinski definition) is 1. The van der Waals surface area contributed by atoms with Gasteiger partial charge in [0.1, 0.15) is 6.61 Å². The van der Waals surface area contributed by atoms with Gasteiger partial charge in [0.2, 0.25) is 0 Å². The minimum atomic E-state index is -4.84. The number of halogens is 3. The molecule has 0 radical (unpaired) electrons. The van der Waals surface area contributed by atoms with Crippen molar-refractivity contribution in [1.82, 2.24) is 9.66 Å². The predicted molar refractivity (Wildman–Crippen MR) is 110 cm³/mol. The highest BCUT2D eigenvalue weighted by molar-refractivity contribution is 7.92. The summed E-state index contributed by atoms with van der Waals surface area (Å²) >= 11 is 0. The van der Waals surface area contributed by atoms with E-state index in [9.17, 15) is 36.0 Å². The molecular formula is C18H22F3N3O8S. The van der Waals surface area contributed by atoms with E-state index in [0.717, 1.165) is 6.07 Å². The molecule has 1 N–H and O–H groups in total. The van der Waals surface area contributed by atoms with Crippen LogP contribution >= 0.6 is 0 Å². The van der Waals surface area contributed by atoms with Crippen molar-refractivity contribution in [1.29, 1.82) is 0 Å². The Morgan fingerprint density at radius 3 is 2.33 bits per heavy atom. The molecule has 1 amide bonds. The maximum absolute atomic E-state index is 13.6. The number of aromatic nitrogens is 2. The third-order valence-corrected chi connectivity index (χ3v) is 5.46. The summed E-state index contributed by atoms with van der Waals surface area (Å²) < 4.78 is 79.5. The summed E-state index contributed by atoms with van der Waals surface area (Å²) in [6, 6.07) is 1.41. The van der Waals surface area contributed by atoms with Crippen molar-refractivity contribution >= 4 is 27.0 Å². The Bertz CT molecular complexity index is 1250. The van der Waals surface area contributed by atoms with Crippen LogP contribution in [0, 0.1) is 0 Å². The molecule has 1 atom stereocenters. The Morgan fingerprint density at radius 1 is 1.21 bits per heavy atom. The van der Waals surface area contributed by atoms with E-state index in [1.165, 1.54) is 14.2 Å². The maximum Gasteiger partial charge on any atom is 0.444 e. The first kappa shape index (κ1) is 26.3. The van der Waals surface area contributed by atoms with Crippen molar-refractivity contribution in [2.24, 2.45) is 0 Å². The van der Waals surface area contributed by atoms with Gasteiger partial charge in [-0.3, -0.25) is 4.79 Å². The summed E-state index contributed by atoms with van der Waals surface area (Å²) in [4.78, 5) is 40.0. The monoisotopic (exact) mass is 497 g/mol. The molecule has 0 aliphatic heterocycles. The van der Waals surface area contributed by atoms with Crippen LogP contribution in [0.25, 0.3) is 10.9 Å². The molecule has 0 fully saturated rings. The second kappa shape index (κ2) is 9.93. The fourth-order valence-electron chi connectivity index (χ4n) is 3.09. The van der Waals surface area contributed by atoms with Gasteiger partial charge in [-0.05, 0) is 24.1 Å². The Labute approximate surface area is 185 Å². The SMILES string of the molecule is CCC(OC)c1cc2c(=O)n(N(C(=O)OCCOC)S(C)(=O)=O)c(=O)[nH]c2cc1C(F)(F)F. The van der Waals surface area contributed by atoms with Crippen LogP contribution in [-0.4, -0.2) is 57.9 Å². The summed E-state index contributed by atoms with van der Waals surface area (Å²) in [6.45, 7) is 1.06. The van der Waals surface area contributed by atoms with Crippen molar-refractivity contribution in [2.45, 2.75) is 25.6 Å². The second-order valence-electron chi connectivity index (χ2n) is 6.78. The fraction of sp³-hybridized carbons (Fsp3) is 0.500. The van der Waals surface area contributed by atoms with Gasteiger partial charge in [0.15, 0.2) is 0 Å². The van der Waals surface area contributed by atoms with Crippen molar-refractivity contribution in [3.8, 4) is 0 Å². The van der Waals surface area contributed by atoms with Crippen LogP contribution in [0.1, 0.15) is 30.6 Å². The van der Waals surface area contributed by atoms with Crippen LogP contribution in [-0.2, 0) is 30.4 Å². The third kappa shape index (κ3) is 5.54. The van der Waals surface area contributed by atoms with E-state index >= 15 is 0 Å². The summed E-state index contributed by atoms with van der Waals surface area (Å²) in [6.07, 6.45) is -6.83. The molecule has 184 valence electrons. The van der Waals surface area contributed by atoms with E-state index in [1.807, 2.05) is 4.98 Å². The Hall–Kier alpha value is -2.91. The Kier molecular flexibility index (Phi) is 7.92. The van der Waals surface area contributed by atoms with E-state index in [4.69, 9.17) is 9.47 Å². The fourth-order valence-corrected chi connectivity index (χ4v) is 3.86. The molecule has 0 aliphatic rings. The molecule has 2 rings (SSSR count). The molecule has 0 saturated carbocycles. The number of H-pyrrole nitrogens is 1. The number of sulfonamides is 1. The zero-order valence-electron chi connectivity index (χ0n) is 18.1. The quantitative estimate of drug-likeness (QED) is 0.542. The largest absolute Gasteiger partial charge is 0.445 e. The first-order chi connectivity index (χ1) is 15.3. The normalized spacial score (nSPS) is 13.2. The van der Waals surface area contributed by atoms with Gasteiger partial charge in [0.25, 0.3) is 15.6 Å². The number of carbonyl (C=O) groups is 1. The zero-order chi connectivity index (χ0) is 25.1. The van der Waals surface area contributed by atoms with Gasteiger partial charge in [-0.15, -0.1) is 4.68 Å². The van der Waals surface area contributed by atoms with Crippen LogP contribution in [0.15, 0.2) is 21.7 Å². The van der Waals surface area contributed by atoms with Crippen LogP contribution in [0.3, 0.4) is 0 Å². The molecule has 33 heavy (non-hydrogen) atoms. The number of benzene rings is 1. The number of amides is 1. The van der Waals surface area contributed by atoms with Gasteiger partial charge in [0, 0.05) is 14.2 Å². The molecule has 11 nitrogen and oxygen atoms in total. The van der Waals surface area contributed by atoms with Crippen LogP contribution < -0.4 is 15.7 Å². The van der Waals surface area contributed by atoms with E-state index in [0.29, 0.717) is 12.3 Å². The zero-order valence-corrected chi connectivity index (χ0v) is 18.9. The number of nitrogens with one attached hydrogen (secondary N) is 1. The highest BCUT2D eigenvalue weighted by Gasteiger charge is 2.37. The number of carbonyl (C=O) groups excluding carboxylic acids is 1. The summed E-state index contributed by atoms with van der Waals surface area (Å²) in [5, 5.41) is -0.480. The Balaban J connectivity index is 2.87. The molecule has 1 aromatic heterocycles. The van der Waals surface area contributed by atoms with Crippen molar-refractivity contribution in [3.05, 3.63) is 44.1 Å². The first-order valence-corrected chi connectivity index (χ1v) is 11.2. The smallest absolute Gasteiger partial charge is 0.444 e. The lowest BCUT2D eigenvalue weighted by atomic mass is 9.97. The van der Waals surface area contributed by atoms with Gasteiger partial charge >= 0.3 is 18.0 Å². The average molecular weight is 497 g/mol. The minimum absolute atomic E-state index is 0.0579. The molecule has 1 aromatic carbocycles. The number of fused-ring (bicyclic) bond motifs is 1. The van der Waals surface area contributed by atoms with Crippen molar-refractivity contribution < 1.29 is 40.6 Å². The lowest BCUT2D eigenvalue weighted by Crippen LogP contribution is -2.56. The maximum atomic E-state index is 13.6. The van der Waals surface area contributed by atoms with Gasteiger partial charge < -0.3 is 19.2 Å². The average Bonchev–Trinajstić information content (AvgIpc) is 2.70. The van der Waals surface area contributed by atoms with Crippen molar-refractivity contribution in [2.75, 3.05) is 38.1 Å². The number of nitrogens with zero attached hydrogens (tertiary/aromatic N) is 2. The third-order valence-electron chi connectivity index (χ3n) is 4.52. The molecule has 15 heteroatoms. The lowest BCUT2D eigenvalue weighted by molar-refractivity contribution is -0.139. The van der Waals surface area contributed by atoms with Gasteiger partial charge in [0.05, 0.1) is 35.4 Å². The molecular weight excluding hydrogens is 475 g/mol. The summed E-state index contributed by atoms with van der Waals surface area (Å²) in [5.41, 5.74) is -4.88. The molecule has 1 heterocycles. The molecule has 1 unspecified atom stereocenters. The van der Waals surface area contributed by atoms with E-state index < -0.39 is 68.3 Å². The Morgan fingerprint density at radius 2 is 1.85 bits per heavy atom. The van der Waals surface area contributed by atoms with Gasteiger partial charge in [-0.25, -0.2) is 18.0 Å².